The molecule has 1 aromatic rings. The van der Waals surface area contributed by atoms with Crippen molar-refractivity contribution < 1.29 is 4.79 Å². The first-order chi connectivity index (χ1) is 6.61. The molecular weight excluding hydrogens is 198 g/mol. The highest BCUT2D eigenvalue weighted by atomic mass is 35.5. The molecule has 74 valence electrons. The van der Waals surface area contributed by atoms with Crippen molar-refractivity contribution >= 4 is 17.5 Å². The zero-order valence-electron chi connectivity index (χ0n) is 8.20. The average molecular weight is 210 g/mol. The van der Waals surface area contributed by atoms with E-state index in [-0.39, 0.29) is 17.9 Å². The summed E-state index contributed by atoms with van der Waals surface area (Å²) < 4.78 is 0. The highest BCUT2D eigenvalue weighted by Crippen LogP contribution is 2.38. The van der Waals surface area contributed by atoms with Gasteiger partial charge in [0, 0.05) is 12.1 Å². The summed E-state index contributed by atoms with van der Waals surface area (Å²) in [6.07, 6.45) is 0. The van der Waals surface area contributed by atoms with Crippen molar-refractivity contribution in [1.29, 1.82) is 0 Å². The molecule has 0 unspecified atom stereocenters. The number of hydrogen-bond acceptors (Lipinski definition) is 1. The molecule has 3 heteroatoms. The van der Waals surface area contributed by atoms with Crippen molar-refractivity contribution in [2.45, 2.75) is 13.0 Å². The molecule has 0 bridgehead atoms. The Morgan fingerprint density at radius 1 is 1.29 bits per heavy atom. The van der Waals surface area contributed by atoms with E-state index in [1.54, 1.807) is 4.90 Å². The van der Waals surface area contributed by atoms with Crippen LogP contribution in [0.3, 0.4) is 0 Å². The van der Waals surface area contributed by atoms with E-state index in [0.717, 1.165) is 10.6 Å². The van der Waals surface area contributed by atoms with E-state index in [0.29, 0.717) is 0 Å². The Labute approximate surface area is 88.5 Å². The number of hydrogen-bond donors (Lipinski definition) is 0. The van der Waals surface area contributed by atoms with Gasteiger partial charge in [0.25, 0.3) is 0 Å². The SMILES string of the molecule is C[C@H]1C(=O)N(C)[C@H]1c1ccc(Cl)cc1. The second kappa shape index (κ2) is 3.28. The van der Waals surface area contributed by atoms with Gasteiger partial charge in [0.05, 0.1) is 12.0 Å². The summed E-state index contributed by atoms with van der Waals surface area (Å²) in [5.74, 6) is 0.311. The van der Waals surface area contributed by atoms with Crippen LogP contribution in [0.2, 0.25) is 5.02 Å². The summed E-state index contributed by atoms with van der Waals surface area (Å²) in [7, 11) is 1.83. The highest BCUT2D eigenvalue weighted by Gasteiger charge is 2.42. The second-order valence-corrected chi connectivity index (χ2v) is 4.17. The number of likely N-dealkylation sites (tertiary alicyclic amines) is 1. The van der Waals surface area contributed by atoms with Crippen molar-refractivity contribution in [3.63, 3.8) is 0 Å². The standard InChI is InChI=1S/C11H12ClNO/c1-7-10(13(2)11(7)14)8-3-5-9(12)6-4-8/h3-7,10H,1-2H3/t7-,10-/m1/s1. The predicted octanol–water partition coefficient (Wildman–Crippen LogP) is 2.49. The maximum atomic E-state index is 11.3. The van der Waals surface area contributed by atoms with Crippen LogP contribution in [0.25, 0.3) is 0 Å². The average Bonchev–Trinajstić information content (AvgIpc) is 2.21. The van der Waals surface area contributed by atoms with E-state index in [2.05, 4.69) is 0 Å². The van der Waals surface area contributed by atoms with Gasteiger partial charge in [0.2, 0.25) is 5.91 Å². The molecule has 1 aliphatic heterocycles. The summed E-state index contributed by atoms with van der Waals surface area (Å²) in [6, 6.07) is 7.90. The monoisotopic (exact) mass is 209 g/mol. The minimum atomic E-state index is 0.0983. The third-order valence-corrected chi connectivity index (χ3v) is 3.09. The number of carbonyl (C=O) groups is 1. The van der Waals surface area contributed by atoms with E-state index in [4.69, 9.17) is 11.6 Å². The molecule has 0 saturated carbocycles. The third-order valence-electron chi connectivity index (χ3n) is 2.84. The predicted molar refractivity (Wildman–Crippen MR) is 56.1 cm³/mol. The molecule has 1 aromatic carbocycles. The van der Waals surface area contributed by atoms with E-state index in [1.807, 2.05) is 38.2 Å². The van der Waals surface area contributed by atoms with E-state index >= 15 is 0 Å². The molecule has 2 nitrogen and oxygen atoms in total. The zero-order valence-corrected chi connectivity index (χ0v) is 8.95. The van der Waals surface area contributed by atoms with Gasteiger partial charge < -0.3 is 4.90 Å². The van der Waals surface area contributed by atoms with Gasteiger partial charge in [-0.1, -0.05) is 30.7 Å². The Hall–Kier alpha value is -1.02. The van der Waals surface area contributed by atoms with Crippen LogP contribution in [0, 0.1) is 5.92 Å². The number of halogens is 1. The molecule has 1 fully saturated rings. The lowest BCUT2D eigenvalue weighted by molar-refractivity contribution is -0.152. The smallest absolute Gasteiger partial charge is 0.228 e. The van der Waals surface area contributed by atoms with Gasteiger partial charge >= 0.3 is 0 Å². The van der Waals surface area contributed by atoms with Gasteiger partial charge in [-0.05, 0) is 17.7 Å². The Bertz CT molecular complexity index is 348. The van der Waals surface area contributed by atoms with Crippen molar-refractivity contribution in [3.05, 3.63) is 34.9 Å². The van der Waals surface area contributed by atoms with E-state index in [1.165, 1.54) is 0 Å². The summed E-state index contributed by atoms with van der Waals surface area (Å²) in [5, 5.41) is 0.731. The molecule has 0 radical (unpaired) electrons. The molecule has 14 heavy (non-hydrogen) atoms. The number of rotatable bonds is 1. The first kappa shape index (κ1) is 9.53. The molecule has 2 rings (SSSR count). The van der Waals surface area contributed by atoms with Gasteiger partial charge in [-0.3, -0.25) is 4.79 Å². The van der Waals surface area contributed by atoms with Gasteiger partial charge in [0.1, 0.15) is 0 Å². The van der Waals surface area contributed by atoms with Crippen molar-refractivity contribution in [2.75, 3.05) is 7.05 Å². The molecule has 0 spiro atoms. The lowest BCUT2D eigenvalue weighted by Crippen LogP contribution is -2.51. The van der Waals surface area contributed by atoms with Crippen LogP contribution in [0.5, 0.6) is 0 Å². The van der Waals surface area contributed by atoms with Crippen LogP contribution < -0.4 is 0 Å². The third kappa shape index (κ3) is 1.30. The maximum absolute atomic E-state index is 11.3. The maximum Gasteiger partial charge on any atom is 0.228 e. The van der Waals surface area contributed by atoms with Gasteiger partial charge in [-0.25, -0.2) is 0 Å². The summed E-state index contributed by atoms with van der Waals surface area (Å²) >= 11 is 5.80. The number of benzene rings is 1. The molecule has 1 heterocycles. The van der Waals surface area contributed by atoms with Gasteiger partial charge in [-0.15, -0.1) is 0 Å². The lowest BCUT2D eigenvalue weighted by Gasteiger charge is -2.43. The zero-order chi connectivity index (χ0) is 10.3. The van der Waals surface area contributed by atoms with Crippen LogP contribution in [0.4, 0.5) is 0 Å². The van der Waals surface area contributed by atoms with Crippen LogP contribution in [-0.2, 0) is 4.79 Å². The fourth-order valence-corrected chi connectivity index (χ4v) is 2.14. The lowest BCUT2D eigenvalue weighted by atomic mass is 9.85. The number of nitrogens with zero attached hydrogens (tertiary/aromatic N) is 1. The minimum Gasteiger partial charge on any atom is -0.338 e. The first-order valence-corrected chi connectivity index (χ1v) is 5.01. The van der Waals surface area contributed by atoms with Crippen molar-refractivity contribution in [1.82, 2.24) is 4.90 Å². The second-order valence-electron chi connectivity index (χ2n) is 3.73. The van der Waals surface area contributed by atoms with Crippen molar-refractivity contribution in [2.24, 2.45) is 5.92 Å². The fraction of sp³-hybridized carbons (Fsp3) is 0.364. The summed E-state index contributed by atoms with van der Waals surface area (Å²) in [5.41, 5.74) is 1.16. The fourth-order valence-electron chi connectivity index (χ4n) is 2.02. The van der Waals surface area contributed by atoms with Crippen LogP contribution >= 0.6 is 11.6 Å². The Kier molecular flexibility index (Phi) is 2.23. The minimum absolute atomic E-state index is 0.0983. The van der Waals surface area contributed by atoms with Gasteiger partial charge in [0.15, 0.2) is 0 Å². The molecule has 1 aliphatic rings. The van der Waals surface area contributed by atoms with Crippen LogP contribution in [0.1, 0.15) is 18.5 Å². The molecule has 0 N–H and O–H groups in total. The summed E-state index contributed by atoms with van der Waals surface area (Å²) in [6.45, 7) is 1.96. The molecule has 0 aliphatic carbocycles. The number of carbonyl (C=O) groups excluding carboxylic acids is 1. The molecule has 0 aromatic heterocycles. The Morgan fingerprint density at radius 3 is 2.36 bits per heavy atom. The van der Waals surface area contributed by atoms with Gasteiger partial charge in [-0.2, -0.15) is 0 Å². The highest BCUT2D eigenvalue weighted by molar-refractivity contribution is 6.30. The number of amides is 1. The number of β-lactam (4-membered cyclic amide) rings is 1. The molecule has 2 atom stereocenters. The van der Waals surface area contributed by atoms with Crippen LogP contribution in [-0.4, -0.2) is 17.9 Å². The Balaban J connectivity index is 2.24. The molecule has 1 amide bonds. The topological polar surface area (TPSA) is 20.3 Å². The molecule has 1 saturated heterocycles. The van der Waals surface area contributed by atoms with E-state index < -0.39 is 0 Å². The first-order valence-electron chi connectivity index (χ1n) is 4.63. The quantitative estimate of drug-likeness (QED) is 0.651. The summed E-state index contributed by atoms with van der Waals surface area (Å²) in [4.78, 5) is 13.1. The van der Waals surface area contributed by atoms with Crippen molar-refractivity contribution in [3.8, 4) is 0 Å². The Morgan fingerprint density at radius 2 is 1.86 bits per heavy atom. The normalized spacial score (nSPS) is 26.2. The van der Waals surface area contributed by atoms with Crippen LogP contribution in [0.15, 0.2) is 24.3 Å². The van der Waals surface area contributed by atoms with E-state index in [9.17, 15) is 4.79 Å². The largest absolute Gasteiger partial charge is 0.338 e. The molecular formula is C11H12ClNO.